The molecule has 146 valence electrons. The summed E-state index contributed by atoms with van der Waals surface area (Å²) in [5, 5.41) is 3.21. The van der Waals surface area contributed by atoms with E-state index in [2.05, 4.69) is 10.1 Å². The number of hydrogen-bond donors (Lipinski definition) is 1. The molecule has 28 heavy (non-hydrogen) atoms. The Bertz CT molecular complexity index is 1080. The lowest BCUT2D eigenvalue weighted by Crippen LogP contribution is -2.39. The third-order valence-electron chi connectivity index (χ3n) is 5.76. The Balaban J connectivity index is 1.64. The van der Waals surface area contributed by atoms with Crippen molar-refractivity contribution in [1.29, 1.82) is 0 Å². The van der Waals surface area contributed by atoms with Crippen LogP contribution in [0.25, 0.3) is 5.65 Å². The molecular formula is C22H26N4O2. The van der Waals surface area contributed by atoms with Gasteiger partial charge in [-0.05, 0) is 45.6 Å². The van der Waals surface area contributed by atoms with Crippen LogP contribution in [0.15, 0.2) is 35.1 Å². The summed E-state index contributed by atoms with van der Waals surface area (Å²) >= 11 is 0. The summed E-state index contributed by atoms with van der Waals surface area (Å²) in [5.74, 6) is 0.125. The molecule has 1 fully saturated rings. The van der Waals surface area contributed by atoms with Crippen molar-refractivity contribution in [3.05, 3.63) is 68.8 Å². The van der Waals surface area contributed by atoms with Crippen LogP contribution in [0.4, 0.5) is 0 Å². The lowest BCUT2D eigenvalue weighted by molar-refractivity contribution is -0.134. The van der Waals surface area contributed by atoms with Crippen LogP contribution in [0.2, 0.25) is 0 Å². The maximum absolute atomic E-state index is 13.1. The van der Waals surface area contributed by atoms with E-state index in [9.17, 15) is 9.59 Å². The Morgan fingerprint density at radius 1 is 1.18 bits per heavy atom. The zero-order valence-electron chi connectivity index (χ0n) is 16.7. The molecule has 3 heterocycles. The van der Waals surface area contributed by atoms with Gasteiger partial charge in [0, 0.05) is 23.9 Å². The zero-order valence-corrected chi connectivity index (χ0v) is 16.7. The summed E-state index contributed by atoms with van der Waals surface area (Å²) in [6, 6.07) is 9.98. The van der Waals surface area contributed by atoms with Gasteiger partial charge in [0.2, 0.25) is 5.91 Å². The van der Waals surface area contributed by atoms with Crippen molar-refractivity contribution in [2.24, 2.45) is 0 Å². The van der Waals surface area contributed by atoms with E-state index in [0.29, 0.717) is 17.6 Å². The summed E-state index contributed by atoms with van der Waals surface area (Å²) in [6.45, 7) is 6.42. The Morgan fingerprint density at radius 2 is 1.93 bits per heavy atom. The Kier molecular flexibility index (Phi) is 4.79. The van der Waals surface area contributed by atoms with Crippen LogP contribution < -0.4 is 5.56 Å². The highest BCUT2D eigenvalue weighted by molar-refractivity contribution is 5.79. The van der Waals surface area contributed by atoms with Crippen LogP contribution in [0, 0.1) is 20.8 Å². The Hall–Kier alpha value is -2.89. The molecule has 2 aromatic heterocycles. The molecule has 6 nitrogen and oxygen atoms in total. The maximum Gasteiger partial charge on any atom is 0.275 e. The molecule has 1 atom stereocenters. The summed E-state index contributed by atoms with van der Waals surface area (Å²) in [4.78, 5) is 32.1. The predicted molar refractivity (Wildman–Crippen MR) is 108 cm³/mol. The molecule has 0 radical (unpaired) electrons. The number of aromatic nitrogens is 3. The Labute approximate surface area is 164 Å². The first kappa shape index (κ1) is 18.5. The molecule has 3 aromatic rings. The van der Waals surface area contributed by atoms with E-state index in [4.69, 9.17) is 0 Å². The van der Waals surface area contributed by atoms with Gasteiger partial charge in [-0.1, -0.05) is 29.8 Å². The number of H-pyrrole nitrogens is 1. The van der Waals surface area contributed by atoms with Gasteiger partial charge in [0.1, 0.15) is 0 Å². The number of nitrogens with one attached hydrogen (secondary N) is 1. The monoisotopic (exact) mass is 378 g/mol. The number of amides is 1. The molecule has 0 saturated carbocycles. The largest absolute Gasteiger partial charge is 0.334 e. The molecule has 1 saturated heterocycles. The van der Waals surface area contributed by atoms with Crippen molar-refractivity contribution in [3.63, 3.8) is 0 Å². The number of benzene rings is 1. The highest BCUT2D eigenvalue weighted by Gasteiger charge is 2.29. The number of rotatable bonds is 3. The molecule has 4 rings (SSSR count). The summed E-state index contributed by atoms with van der Waals surface area (Å²) in [5.41, 5.74) is 5.01. The fraction of sp³-hybridized carbons (Fsp3) is 0.409. The first-order valence-electron chi connectivity index (χ1n) is 9.88. The second-order valence-electron chi connectivity index (χ2n) is 7.79. The SMILES string of the molecule is Cc1ccc(CC(=O)N2CCCC[C@H]2c2cc3nc(C)c(C)c(=O)n3[nH]2)cc1. The molecule has 1 aliphatic heterocycles. The maximum atomic E-state index is 13.1. The normalized spacial score (nSPS) is 17.2. The summed E-state index contributed by atoms with van der Waals surface area (Å²) in [7, 11) is 0. The highest BCUT2D eigenvalue weighted by Crippen LogP contribution is 2.31. The molecule has 0 aliphatic carbocycles. The minimum Gasteiger partial charge on any atom is -0.334 e. The summed E-state index contributed by atoms with van der Waals surface area (Å²) < 4.78 is 1.49. The number of fused-ring (bicyclic) bond motifs is 1. The molecule has 1 aromatic carbocycles. The molecule has 1 amide bonds. The number of aromatic amines is 1. The highest BCUT2D eigenvalue weighted by atomic mass is 16.2. The second kappa shape index (κ2) is 7.26. The van der Waals surface area contributed by atoms with Crippen LogP contribution in [0.1, 0.15) is 53.4 Å². The van der Waals surface area contributed by atoms with Crippen LogP contribution in [0.3, 0.4) is 0 Å². The van der Waals surface area contributed by atoms with E-state index in [1.165, 1.54) is 10.1 Å². The minimum atomic E-state index is -0.0814. The fourth-order valence-corrected chi connectivity index (χ4v) is 3.94. The number of aryl methyl sites for hydroxylation is 2. The van der Waals surface area contributed by atoms with Crippen molar-refractivity contribution in [1.82, 2.24) is 19.5 Å². The van der Waals surface area contributed by atoms with Gasteiger partial charge in [-0.3, -0.25) is 14.7 Å². The fourth-order valence-electron chi connectivity index (χ4n) is 3.94. The van der Waals surface area contributed by atoms with Crippen molar-refractivity contribution in [3.8, 4) is 0 Å². The quantitative estimate of drug-likeness (QED) is 0.761. The second-order valence-corrected chi connectivity index (χ2v) is 7.79. The topological polar surface area (TPSA) is 70.5 Å². The number of carbonyl (C=O) groups excluding carboxylic acids is 1. The average molecular weight is 378 g/mol. The van der Waals surface area contributed by atoms with E-state index >= 15 is 0 Å². The van der Waals surface area contributed by atoms with Crippen LogP contribution in [-0.2, 0) is 11.2 Å². The van der Waals surface area contributed by atoms with Crippen molar-refractivity contribution < 1.29 is 4.79 Å². The van der Waals surface area contributed by atoms with E-state index in [0.717, 1.165) is 42.8 Å². The van der Waals surface area contributed by atoms with Gasteiger partial charge in [0.15, 0.2) is 5.65 Å². The van der Waals surface area contributed by atoms with Gasteiger partial charge >= 0.3 is 0 Å². The minimum absolute atomic E-state index is 0.0478. The van der Waals surface area contributed by atoms with Crippen molar-refractivity contribution in [2.75, 3.05) is 6.54 Å². The first-order chi connectivity index (χ1) is 13.4. The number of nitrogens with zero attached hydrogens (tertiary/aromatic N) is 3. The van der Waals surface area contributed by atoms with Gasteiger partial charge in [-0.25, -0.2) is 9.50 Å². The van der Waals surface area contributed by atoms with Gasteiger partial charge in [-0.15, -0.1) is 0 Å². The van der Waals surface area contributed by atoms with Crippen LogP contribution in [0.5, 0.6) is 0 Å². The van der Waals surface area contributed by atoms with E-state index < -0.39 is 0 Å². The van der Waals surface area contributed by atoms with Crippen molar-refractivity contribution in [2.45, 2.75) is 52.5 Å². The third-order valence-corrected chi connectivity index (χ3v) is 5.76. The number of piperidine rings is 1. The number of likely N-dealkylation sites (tertiary alicyclic amines) is 1. The molecule has 0 spiro atoms. The molecule has 0 unspecified atom stereocenters. The molecule has 6 heteroatoms. The number of carbonyl (C=O) groups is 1. The first-order valence-corrected chi connectivity index (χ1v) is 9.88. The lowest BCUT2D eigenvalue weighted by atomic mass is 9.98. The molecular weight excluding hydrogens is 352 g/mol. The lowest BCUT2D eigenvalue weighted by Gasteiger charge is -2.35. The van der Waals surface area contributed by atoms with Gasteiger partial charge in [-0.2, -0.15) is 0 Å². The summed E-state index contributed by atoms with van der Waals surface area (Å²) in [6.07, 6.45) is 3.36. The third kappa shape index (κ3) is 3.35. The van der Waals surface area contributed by atoms with Crippen LogP contribution in [-0.4, -0.2) is 31.9 Å². The van der Waals surface area contributed by atoms with Crippen molar-refractivity contribution >= 4 is 11.6 Å². The van der Waals surface area contributed by atoms with Gasteiger partial charge < -0.3 is 4.90 Å². The standard InChI is InChI=1S/C22H26N4O2/c1-14-7-9-17(10-8-14)12-21(27)25-11-5-4-6-19(25)18-13-20-23-16(3)15(2)22(28)26(20)24-18/h7-10,13,19,24H,4-6,11-12H2,1-3H3/t19-/m0/s1. The predicted octanol–water partition coefficient (Wildman–Crippen LogP) is 3.24. The van der Waals surface area contributed by atoms with E-state index in [1.54, 1.807) is 6.92 Å². The zero-order chi connectivity index (χ0) is 19.8. The number of hydrogen-bond acceptors (Lipinski definition) is 3. The average Bonchev–Trinajstić information content (AvgIpc) is 3.12. The van der Waals surface area contributed by atoms with E-state index in [-0.39, 0.29) is 17.5 Å². The van der Waals surface area contributed by atoms with Crippen LogP contribution >= 0.6 is 0 Å². The molecule has 1 N–H and O–H groups in total. The molecule has 0 bridgehead atoms. The van der Waals surface area contributed by atoms with Gasteiger partial charge in [0.25, 0.3) is 5.56 Å². The smallest absolute Gasteiger partial charge is 0.275 e. The molecule has 1 aliphatic rings. The van der Waals surface area contributed by atoms with E-state index in [1.807, 2.05) is 49.1 Å². The Morgan fingerprint density at radius 3 is 2.68 bits per heavy atom. The van der Waals surface area contributed by atoms with Gasteiger partial charge in [0.05, 0.1) is 18.2 Å².